The van der Waals surface area contributed by atoms with Crippen molar-refractivity contribution < 1.29 is 17.9 Å². The van der Waals surface area contributed by atoms with Crippen LogP contribution in [0, 0.1) is 6.92 Å². The van der Waals surface area contributed by atoms with Gasteiger partial charge in [0.05, 0.1) is 6.26 Å². The van der Waals surface area contributed by atoms with Gasteiger partial charge in [-0.15, -0.1) is 0 Å². The Kier molecular flexibility index (Phi) is 4.51. The second-order valence-electron chi connectivity index (χ2n) is 5.32. The van der Waals surface area contributed by atoms with Crippen LogP contribution in [0.4, 0.5) is 14.5 Å². The molecule has 0 atom stereocenters. The Morgan fingerprint density at radius 2 is 1.83 bits per heavy atom. The normalized spacial score (nSPS) is 11.0. The van der Waals surface area contributed by atoms with Crippen LogP contribution in [-0.2, 0) is 6.42 Å². The third-order valence-electron chi connectivity index (χ3n) is 3.77. The monoisotopic (exact) mass is 328 g/mol. The molecule has 5 heteroatoms. The number of nitrogens with two attached hydrogens (primary N) is 1. The second-order valence-corrected chi connectivity index (χ2v) is 5.32. The van der Waals surface area contributed by atoms with E-state index >= 15 is 0 Å². The van der Waals surface area contributed by atoms with E-state index in [0.29, 0.717) is 12.1 Å². The number of benzene rings is 2. The fraction of sp³-hybridized carbons (Fsp3) is 0.105. The first-order chi connectivity index (χ1) is 11.5. The van der Waals surface area contributed by atoms with Crippen molar-refractivity contribution in [3.05, 3.63) is 78.6 Å². The molecular formula is C19H16F2NO2. The molecule has 1 aromatic heterocycles. The van der Waals surface area contributed by atoms with E-state index in [-0.39, 0.29) is 5.75 Å². The van der Waals surface area contributed by atoms with Gasteiger partial charge in [0.2, 0.25) is 0 Å². The van der Waals surface area contributed by atoms with Gasteiger partial charge in [-0.3, -0.25) is 0 Å². The molecular weight excluding hydrogens is 312 g/mol. The van der Waals surface area contributed by atoms with E-state index in [4.69, 9.17) is 10.2 Å². The lowest BCUT2D eigenvalue weighted by Crippen LogP contribution is -2.02. The van der Waals surface area contributed by atoms with E-state index in [9.17, 15) is 8.78 Å². The van der Waals surface area contributed by atoms with Crippen LogP contribution in [-0.4, -0.2) is 6.61 Å². The maximum absolute atomic E-state index is 12.3. The molecule has 0 aliphatic rings. The summed E-state index contributed by atoms with van der Waals surface area (Å²) in [7, 11) is 0. The lowest BCUT2D eigenvalue weighted by molar-refractivity contribution is -0.0498. The predicted octanol–water partition coefficient (Wildman–Crippen LogP) is 4.90. The van der Waals surface area contributed by atoms with Gasteiger partial charge in [-0.2, -0.15) is 8.78 Å². The van der Waals surface area contributed by atoms with Gasteiger partial charge in [-0.1, -0.05) is 24.3 Å². The molecule has 0 saturated heterocycles. The van der Waals surface area contributed by atoms with E-state index in [1.807, 2.05) is 24.3 Å². The second kappa shape index (κ2) is 6.74. The highest BCUT2D eigenvalue weighted by Crippen LogP contribution is 2.33. The summed E-state index contributed by atoms with van der Waals surface area (Å²) in [6, 6.07) is 13.9. The van der Waals surface area contributed by atoms with E-state index in [1.54, 1.807) is 18.4 Å². The number of hydrogen-bond acceptors (Lipinski definition) is 3. The summed E-state index contributed by atoms with van der Waals surface area (Å²) in [5.74, 6) is 0.897. The third kappa shape index (κ3) is 3.40. The number of anilines is 1. The van der Waals surface area contributed by atoms with Gasteiger partial charge in [-0.05, 0) is 53.4 Å². The SMILES string of the molecule is [CH2]c1ccc(-c2ccc(OC(F)F)cc2)c(Cc2ccco2)c1N. The molecule has 1 heterocycles. The van der Waals surface area contributed by atoms with Crippen molar-refractivity contribution in [1.29, 1.82) is 0 Å². The van der Waals surface area contributed by atoms with Crippen LogP contribution in [0.15, 0.2) is 59.2 Å². The number of alkyl halides is 2. The van der Waals surface area contributed by atoms with Crippen molar-refractivity contribution in [2.75, 3.05) is 5.73 Å². The summed E-state index contributed by atoms with van der Waals surface area (Å²) in [5.41, 5.74) is 10.2. The Balaban J connectivity index is 1.99. The minimum atomic E-state index is -2.84. The molecule has 123 valence electrons. The molecule has 0 spiro atoms. The predicted molar refractivity (Wildman–Crippen MR) is 88.9 cm³/mol. The van der Waals surface area contributed by atoms with Crippen LogP contribution in [0.1, 0.15) is 16.9 Å². The molecule has 0 fully saturated rings. The molecule has 2 aromatic carbocycles. The van der Waals surface area contributed by atoms with Crippen molar-refractivity contribution in [2.45, 2.75) is 13.0 Å². The third-order valence-corrected chi connectivity index (χ3v) is 3.77. The molecule has 24 heavy (non-hydrogen) atoms. The van der Waals surface area contributed by atoms with E-state index in [0.717, 1.165) is 28.0 Å². The fourth-order valence-corrected chi connectivity index (χ4v) is 2.58. The standard InChI is InChI=1S/C19H16F2NO2/c1-12-4-9-16(13-5-7-14(8-6-13)24-19(20)21)17(18(12)22)11-15-3-2-10-23-15/h2-10,19H,1,11,22H2. The molecule has 3 nitrogen and oxygen atoms in total. The zero-order valence-corrected chi connectivity index (χ0v) is 12.8. The molecule has 2 N–H and O–H groups in total. The van der Waals surface area contributed by atoms with Crippen LogP contribution in [0.25, 0.3) is 11.1 Å². The first-order valence-corrected chi connectivity index (χ1v) is 7.35. The van der Waals surface area contributed by atoms with Gasteiger partial charge in [-0.25, -0.2) is 0 Å². The average Bonchev–Trinajstić information content (AvgIpc) is 3.06. The molecule has 0 bridgehead atoms. The van der Waals surface area contributed by atoms with Crippen molar-refractivity contribution in [3.63, 3.8) is 0 Å². The topological polar surface area (TPSA) is 48.4 Å². The summed E-state index contributed by atoms with van der Waals surface area (Å²) in [4.78, 5) is 0. The number of ether oxygens (including phenoxy) is 1. The van der Waals surface area contributed by atoms with Crippen molar-refractivity contribution in [3.8, 4) is 16.9 Å². The van der Waals surface area contributed by atoms with Crippen molar-refractivity contribution in [1.82, 2.24) is 0 Å². The Labute approximate surface area is 138 Å². The van der Waals surface area contributed by atoms with E-state index in [2.05, 4.69) is 11.7 Å². The van der Waals surface area contributed by atoms with E-state index < -0.39 is 6.61 Å². The summed E-state index contributed by atoms with van der Waals surface area (Å²) in [6.45, 7) is 1.09. The van der Waals surface area contributed by atoms with Gasteiger partial charge < -0.3 is 14.9 Å². The molecule has 1 radical (unpaired) electrons. The number of rotatable bonds is 5. The minimum absolute atomic E-state index is 0.114. The van der Waals surface area contributed by atoms with Gasteiger partial charge >= 0.3 is 6.61 Å². The first kappa shape index (κ1) is 16.1. The van der Waals surface area contributed by atoms with E-state index in [1.165, 1.54) is 12.1 Å². The Bertz CT molecular complexity index is 812. The van der Waals surface area contributed by atoms with Crippen LogP contribution in [0.3, 0.4) is 0 Å². The molecule has 0 unspecified atom stereocenters. The zero-order valence-electron chi connectivity index (χ0n) is 12.8. The van der Waals surface area contributed by atoms with Gasteiger partial charge in [0.25, 0.3) is 0 Å². The van der Waals surface area contributed by atoms with Gasteiger partial charge in [0.15, 0.2) is 0 Å². The van der Waals surface area contributed by atoms with Crippen molar-refractivity contribution in [2.24, 2.45) is 0 Å². The smallest absolute Gasteiger partial charge is 0.387 e. The fourth-order valence-electron chi connectivity index (χ4n) is 2.58. The lowest BCUT2D eigenvalue weighted by atomic mass is 9.93. The molecule has 0 aliphatic heterocycles. The quantitative estimate of drug-likeness (QED) is 0.677. The Hall–Kier alpha value is -2.82. The Morgan fingerprint density at radius 1 is 1.08 bits per heavy atom. The molecule has 3 rings (SSSR count). The van der Waals surface area contributed by atoms with Crippen LogP contribution in [0.5, 0.6) is 5.75 Å². The summed E-state index contributed by atoms with van der Waals surface area (Å²) in [6.07, 6.45) is 2.13. The first-order valence-electron chi connectivity index (χ1n) is 7.35. The number of halogens is 2. The highest BCUT2D eigenvalue weighted by atomic mass is 19.3. The van der Waals surface area contributed by atoms with Gasteiger partial charge in [0, 0.05) is 12.1 Å². The molecule has 0 saturated carbocycles. The van der Waals surface area contributed by atoms with Crippen LogP contribution >= 0.6 is 0 Å². The maximum Gasteiger partial charge on any atom is 0.387 e. The molecule has 3 aromatic rings. The largest absolute Gasteiger partial charge is 0.469 e. The number of hydrogen-bond donors (Lipinski definition) is 1. The molecule has 0 amide bonds. The summed E-state index contributed by atoms with van der Waals surface area (Å²) in [5, 5.41) is 0. The van der Waals surface area contributed by atoms with Crippen molar-refractivity contribution >= 4 is 5.69 Å². The number of nitrogen functional groups attached to an aromatic ring is 1. The number of furan rings is 1. The van der Waals surface area contributed by atoms with Gasteiger partial charge in [0.1, 0.15) is 11.5 Å². The Morgan fingerprint density at radius 3 is 2.46 bits per heavy atom. The lowest BCUT2D eigenvalue weighted by Gasteiger charge is -2.14. The molecule has 0 aliphatic carbocycles. The summed E-state index contributed by atoms with van der Waals surface area (Å²) < 4.78 is 34.3. The van der Waals surface area contributed by atoms with Crippen LogP contribution in [0.2, 0.25) is 0 Å². The highest BCUT2D eigenvalue weighted by Gasteiger charge is 2.13. The zero-order chi connectivity index (χ0) is 17.1. The minimum Gasteiger partial charge on any atom is -0.469 e. The summed E-state index contributed by atoms with van der Waals surface area (Å²) >= 11 is 0. The van der Waals surface area contributed by atoms with Crippen LogP contribution < -0.4 is 10.5 Å². The average molecular weight is 328 g/mol. The maximum atomic E-state index is 12.3. The highest BCUT2D eigenvalue weighted by molar-refractivity contribution is 5.76.